The minimum Gasteiger partial charge on any atom is -0.325 e. The van der Waals surface area contributed by atoms with Gasteiger partial charge in [0.1, 0.15) is 0 Å². The molecule has 0 bridgehead atoms. The zero-order chi connectivity index (χ0) is 55.6. The molecular formula is C62H94N4O6S. The molecule has 0 aromatic carbocycles. The van der Waals surface area contributed by atoms with Crippen molar-refractivity contribution < 1.29 is 30.3 Å². The molecule has 6 fully saturated rings. The lowest BCUT2D eigenvalue weighted by Crippen LogP contribution is -2.69. The first kappa shape index (κ1) is 55.7. The Morgan fingerprint density at radius 2 is 0.959 bits per heavy atom. The molecule has 0 amide bonds. The highest BCUT2D eigenvalue weighted by Gasteiger charge is 2.71. The van der Waals surface area contributed by atoms with Gasteiger partial charge >= 0.3 is 0 Å². The first-order valence-electron chi connectivity index (χ1n) is 28.8. The van der Waals surface area contributed by atoms with Crippen molar-refractivity contribution in [1.82, 2.24) is 4.72 Å². The third kappa shape index (κ3) is 8.17. The molecule has 10 rings (SSSR count). The number of sulfonamides is 1. The number of fused-ring (bicyclic) bond motifs is 14. The van der Waals surface area contributed by atoms with E-state index in [1.807, 2.05) is 38.2 Å². The lowest BCUT2D eigenvalue weighted by molar-refractivity contribution is -0.158. The van der Waals surface area contributed by atoms with Gasteiger partial charge in [0, 0.05) is 48.3 Å². The maximum absolute atomic E-state index is 14.3. The fraction of sp³-hybridized carbons (Fsp3) is 0.774. The Bertz CT molecular complexity index is 2710. The summed E-state index contributed by atoms with van der Waals surface area (Å²) in [5.41, 5.74) is 7.37. The SMILES string of the molecule is C.[3H]C.[3H]C.[C-]#[N+]C1=C[C@]2(C)C3=CC(=O)[C@@H]4[C@@H]5CC(C)(C)CC[C@]5(N)CC[C@@]4(C)[C@]3(C)CC[C@H]2[C@H](C)C1=O.[C-]#[N+]C1=C[C@]2(C)C3=CC(=O)[C@@H]4[C@@H]5CC(C)(C)CC[C@]5(NS(C)(=O)=O)CC[C@@]4(C)[C@]3(C)CC[C@H]2[C@H](C)C1=O. The standard InChI is InChI=1S/C30H42N2O4S.C29H40N2O2.3CH4/c1-18-19-9-10-28(5)23(27(19,4)17-21(31-7)25(18)34)15-22(33)24-20-16-26(2,3)11-13-30(20,32-37(8,35)36)14-12-29(24,28)6;1-17-18-8-9-27(5)22(26(18,4)16-20(31-7)24(17)33)14-21(32)23-19-15-25(2,3)10-12-29(19,30)13-11-28(23,27)6;;;/h15,17-20,24,32H,9-14,16H2,1-6,8H3;14,16-19,23H,8-13,15,30H2,1-6H3;3*1H4/t18-,19-,20-,24-,27-,28+,29+,30-;17-,18-,19-,23-,26-,27+,28+,29-;;;/m00.../s1/i;;2*1T;. The van der Waals surface area contributed by atoms with Gasteiger partial charge in [-0.3, -0.25) is 9.59 Å². The van der Waals surface area contributed by atoms with Crippen LogP contribution in [-0.2, 0) is 29.2 Å². The van der Waals surface area contributed by atoms with E-state index in [4.69, 9.17) is 21.6 Å². The van der Waals surface area contributed by atoms with Crippen LogP contribution in [0.25, 0.3) is 9.69 Å². The van der Waals surface area contributed by atoms with Crippen LogP contribution in [0.15, 0.2) is 46.8 Å². The summed E-state index contributed by atoms with van der Waals surface area (Å²) >= 11 is 0. The molecule has 3 N–H and O–H groups in total. The number of carbonyl (C=O) groups excluding carboxylic acids is 4. The van der Waals surface area contributed by atoms with E-state index in [-0.39, 0.29) is 127 Å². The van der Waals surface area contributed by atoms with E-state index < -0.39 is 26.4 Å². The maximum atomic E-state index is 14.3. The van der Waals surface area contributed by atoms with E-state index in [1.165, 1.54) is 26.6 Å². The summed E-state index contributed by atoms with van der Waals surface area (Å²) in [5, 5.41) is 0. The Kier molecular flexibility index (Phi) is 13.8. The number of allylic oxidation sites excluding steroid dienone is 8. The van der Waals surface area contributed by atoms with Crippen LogP contribution in [0.5, 0.6) is 0 Å². The van der Waals surface area contributed by atoms with E-state index in [2.05, 4.69) is 83.6 Å². The summed E-state index contributed by atoms with van der Waals surface area (Å²) in [6.07, 6.45) is 21.7. The molecule has 0 radical (unpaired) electrons. The van der Waals surface area contributed by atoms with Gasteiger partial charge in [-0.1, -0.05) is 129 Å². The molecule has 6 saturated carbocycles. The quantitative estimate of drug-likeness (QED) is 0.262. The molecule has 404 valence electrons. The number of nitrogens with zero attached hydrogens (tertiary/aromatic N) is 2. The van der Waals surface area contributed by atoms with Crippen molar-refractivity contribution in [3.05, 3.63) is 69.7 Å². The summed E-state index contributed by atoms with van der Waals surface area (Å²) in [7, 11) is -0.945. The van der Waals surface area contributed by atoms with Gasteiger partial charge in [-0.15, -0.1) is 0 Å². The van der Waals surface area contributed by atoms with Crippen LogP contribution in [-0.4, -0.2) is 48.9 Å². The van der Waals surface area contributed by atoms with Gasteiger partial charge in [-0.25, -0.2) is 22.8 Å². The second kappa shape index (κ2) is 18.0. The molecule has 10 aliphatic carbocycles. The number of hydrogen-bond acceptors (Lipinski definition) is 7. The van der Waals surface area contributed by atoms with Crippen molar-refractivity contribution >= 4 is 33.2 Å². The largest absolute Gasteiger partial charge is 0.325 e. The van der Waals surface area contributed by atoms with Crippen molar-refractivity contribution in [2.75, 3.05) is 6.26 Å². The summed E-state index contributed by atoms with van der Waals surface area (Å²) in [4.78, 5) is 61.3. The Labute approximate surface area is 445 Å². The third-order valence-corrected chi connectivity index (χ3v) is 24.2. The number of Topliss-reactive ketones (excluding diaryl/α,β-unsaturated/α-hetero) is 2. The average molecular weight is 1030 g/mol. The summed E-state index contributed by atoms with van der Waals surface area (Å²) in [6.45, 7) is 42.0. The maximum Gasteiger partial charge on any atom is 0.226 e. The average Bonchev–Trinajstić information content (AvgIpc) is 3.32. The van der Waals surface area contributed by atoms with Gasteiger partial charge in [-0.2, -0.15) is 0 Å². The number of nitrogens with one attached hydrogen (secondary N) is 1. The van der Waals surface area contributed by atoms with Crippen LogP contribution in [0.3, 0.4) is 0 Å². The molecular weight excluding hydrogens is 929 g/mol. The number of ketones is 4. The lowest BCUT2D eigenvalue weighted by atomic mass is 9.36. The number of rotatable bonds is 2. The monoisotopic (exact) mass is 1030 g/mol. The van der Waals surface area contributed by atoms with Crippen LogP contribution in [0, 0.1) is 104 Å². The zero-order valence-corrected chi connectivity index (χ0v) is 47.5. The fourth-order valence-electron chi connectivity index (χ4n) is 19.0. The van der Waals surface area contributed by atoms with E-state index in [1.54, 1.807) is 0 Å². The first-order chi connectivity index (χ1) is 34.2. The predicted octanol–water partition coefficient (Wildman–Crippen LogP) is 13.3. The van der Waals surface area contributed by atoms with Crippen molar-refractivity contribution in [2.24, 2.45) is 96.4 Å². The van der Waals surface area contributed by atoms with Gasteiger partial charge in [-0.05, 0) is 158 Å². The van der Waals surface area contributed by atoms with E-state index in [0.29, 0.717) is 0 Å². The Morgan fingerprint density at radius 3 is 1.38 bits per heavy atom. The molecule has 0 unspecified atom stereocenters. The van der Waals surface area contributed by atoms with Crippen LogP contribution in [0.4, 0.5) is 0 Å². The summed E-state index contributed by atoms with van der Waals surface area (Å²) in [5.74, 6) is -0.147. The van der Waals surface area contributed by atoms with Gasteiger partial charge in [0.15, 0.2) is 23.1 Å². The number of hydrogen-bond donors (Lipinski definition) is 2. The number of nitrogens with two attached hydrogens (primary N) is 1. The van der Waals surface area contributed by atoms with Crippen molar-refractivity contribution in [1.29, 1.82) is 0 Å². The Morgan fingerprint density at radius 1 is 0.589 bits per heavy atom. The van der Waals surface area contributed by atoms with Gasteiger partial charge in [0.2, 0.25) is 21.4 Å². The number of carbonyl (C=O) groups is 4. The van der Waals surface area contributed by atoms with Crippen LogP contribution < -0.4 is 10.5 Å². The normalized spacial score (nSPS) is 46.8. The fourth-order valence-corrected chi connectivity index (χ4v) is 20.1. The molecule has 0 saturated heterocycles. The Hall–Kier alpha value is -3.51. The van der Waals surface area contributed by atoms with Crippen molar-refractivity contribution in [2.45, 2.75) is 206 Å². The molecule has 73 heavy (non-hydrogen) atoms. The molecule has 11 heteroatoms. The molecule has 16 atom stereocenters. The molecule has 10 aliphatic rings. The minimum atomic E-state index is -3.44. The molecule has 0 aliphatic heterocycles. The Balaban J connectivity index is 0.000000227. The molecule has 0 spiro atoms. The van der Waals surface area contributed by atoms with E-state index in [9.17, 15) is 27.6 Å². The van der Waals surface area contributed by atoms with Crippen LogP contribution >= 0.6 is 0 Å². The second-order valence-corrected chi connectivity index (χ2v) is 29.8. The van der Waals surface area contributed by atoms with Crippen LogP contribution in [0.1, 0.15) is 198 Å². The molecule has 0 aromatic rings. The molecule has 10 nitrogen and oxygen atoms in total. The highest BCUT2D eigenvalue weighted by atomic mass is 32.2. The second-order valence-electron chi connectivity index (χ2n) is 28.0. The third-order valence-electron chi connectivity index (χ3n) is 23.4. The topological polar surface area (TPSA) is 149 Å². The first-order valence-corrected chi connectivity index (χ1v) is 28.6. The highest BCUT2D eigenvalue weighted by molar-refractivity contribution is 7.88. The van der Waals surface area contributed by atoms with E-state index >= 15 is 0 Å². The van der Waals surface area contributed by atoms with Gasteiger partial charge in [0.25, 0.3) is 0 Å². The lowest BCUT2D eigenvalue weighted by Gasteiger charge is -2.68. The smallest absolute Gasteiger partial charge is 0.226 e. The summed E-state index contributed by atoms with van der Waals surface area (Å²) < 4.78 is 39.7. The molecule has 0 aromatic heterocycles. The van der Waals surface area contributed by atoms with Gasteiger partial charge < -0.3 is 15.3 Å². The predicted molar refractivity (Wildman–Crippen MR) is 293 cm³/mol. The summed E-state index contributed by atoms with van der Waals surface area (Å²) in [6, 6.07) is 0. The van der Waals surface area contributed by atoms with Gasteiger partial charge in [0.05, 0.1) is 19.4 Å². The minimum absolute atomic E-state index is 0. The van der Waals surface area contributed by atoms with E-state index in [0.717, 1.165) is 95.5 Å². The molecule has 0 heterocycles. The zero-order valence-electron chi connectivity index (χ0n) is 48.7. The van der Waals surface area contributed by atoms with Crippen LogP contribution in [0.2, 0.25) is 0 Å². The highest BCUT2D eigenvalue weighted by Crippen LogP contribution is 2.74. The van der Waals surface area contributed by atoms with Crippen molar-refractivity contribution in [3.8, 4) is 0 Å². The van der Waals surface area contributed by atoms with Crippen molar-refractivity contribution in [3.63, 3.8) is 0 Å².